The van der Waals surface area contributed by atoms with E-state index < -0.39 is 28.0 Å². The minimum absolute atomic E-state index is 0.106. The molecule has 94 valence electrons. The Morgan fingerprint density at radius 2 is 2.00 bits per heavy atom. The van der Waals surface area contributed by atoms with Crippen molar-refractivity contribution in [3.63, 3.8) is 0 Å². The third-order valence-electron chi connectivity index (χ3n) is 1.96. The minimum Gasteiger partial charge on any atom is -0.469 e. The first-order valence-corrected chi connectivity index (χ1v) is 5.17. The number of methoxy groups -OCH3 is 1. The topological polar surface area (TPSA) is 26.3 Å². The van der Waals surface area contributed by atoms with Gasteiger partial charge >= 0.3 is 12.1 Å². The second-order valence-corrected chi connectivity index (χ2v) is 4.04. The van der Waals surface area contributed by atoms with Gasteiger partial charge in [-0.25, -0.2) is 4.39 Å². The van der Waals surface area contributed by atoms with Crippen molar-refractivity contribution < 1.29 is 27.1 Å². The normalized spacial score (nSPS) is 11.4. The van der Waals surface area contributed by atoms with Crippen molar-refractivity contribution in [1.82, 2.24) is 0 Å². The summed E-state index contributed by atoms with van der Waals surface area (Å²) in [7, 11) is 1.14. The van der Waals surface area contributed by atoms with E-state index in [0.717, 1.165) is 13.2 Å². The van der Waals surface area contributed by atoms with Crippen molar-refractivity contribution in [2.24, 2.45) is 0 Å². The van der Waals surface area contributed by atoms with Crippen LogP contribution >= 0.6 is 15.9 Å². The molecule has 0 saturated heterocycles. The molecule has 0 heterocycles. The standard InChI is InChI=1S/C10H7BrF4O2/c1-17-8(16)4-5-2-6(11)9(7(12)3-5)10(13,14)15/h2-3H,4H2,1H3. The zero-order chi connectivity index (χ0) is 13.2. The first-order valence-electron chi connectivity index (χ1n) is 4.37. The third-order valence-corrected chi connectivity index (χ3v) is 2.59. The minimum atomic E-state index is -4.79. The molecule has 2 nitrogen and oxygen atoms in total. The molecule has 1 aromatic rings. The van der Waals surface area contributed by atoms with E-state index in [1.165, 1.54) is 0 Å². The summed E-state index contributed by atoms with van der Waals surface area (Å²) < 4.78 is 54.4. The van der Waals surface area contributed by atoms with Crippen LogP contribution in [0.1, 0.15) is 11.1 Å². The maximum atomic E-state index is 13.3. The molecule has 0 unspecified atom stereocenters. The van der Waals surface area contributed by atoms with Crippen LogP contribution in [-0.4, -0.2) is 13.1 Å². The van der Waals surface area contributed by atoms with Crippen molar-refractivity contribution in [1.29, 1.82) is 0 Å². The lowest BCUT2D eigenvalue weighted by atomic mass is 10.1. The van der Waals surface area contributed by atoms with Gasteiger partial charge in [0.1, 0.15) is 11.4 Å². The fourth-order valence-corrected chi connectivity index (χ4v) is 1.95. The predicted octanol–water partition coefficient (Wildman–Crippen LogP) is 3.32. The first kappa shape index (κ1) is 14.0. The molecule has 1 aromatic carbocycles. The van der Waals surface area contributed by atoms with Crippen molar-refractivity contribution in [2.45, 2.75) is 12.6 Å². The summed E-state index contributed by atoms with van der Waals surface area (Å²) in [6.07, 6.45) is -5.07. The lowest BCUT2D eigenvalue weighted by Crippen LogP contribution is -2.11. The van der Waals surface area contributed by atoms with E-state index in [9.17, 15) is 22.4 Å². The van der Waals surface area contributed by atoms with Gasteiger partial charge in [0.25, 0.3) is 0 Å². The quantitative estimate of drug-likeness (QED) is 0.618. The third kappa shape index (κ3) is 3.42. The van der Waals surface area contributed by atoms with Crippen LogP contribution in [0.4, 0.5) is 17.6 Å². The second kappa shape index (κ2) is 5.03. The van der Waals surface area contributed by atoms with Gasteiger partial charge in [0.2, 0.25) is 0 Å². The highest BCUT2D eigenvalue weighted by Crippen LogP contribution is 2.37. The number of carbonyl (C=O) groups excluding carboxylic acids is 1. The fourth-order valence-electron chi connectivity index (χ4n) is 1.24. The molecule has 0 fully saturated rings. The highest BCUT2D eigenvalue weighted by Gasteiger charge is 2.36. The molecular weight excluding hydrogens is 308 g/mol. The van der Waals surface area contributed by atoms with Crippen LogP contribution in [0.5, 0.6) is 0 Å². The lowest BCUT2D eigenvalue weighted by molar-refractivity contribution is -0.140. The predicted molar refractivity (Wildman–Crippen MR) is 54.8 cm³/mol. The fraction of sp³-hybridized carbons (Fsp3) is 0.300. The SMILES string of the molecule is COC(=O)Cc1cc(F)c(C(F)(F)F)c(Br)c1. The molecule has 0 bridgehead atoms. The second-order valence-electron chi connectivity index (χ2n) is 3.19. The van der Waals surface area contributed by atoms with Crippen molar-refractivity contribution in [3.05, 3.63) is 33.5 Å². The maximum Gasteiger partial charge on any atom is 0.420 e. The van der Waals surface area contributed by atoms with Crippen LogP contribution in [0.25, 0.3) is 0 Å². The summed E-state index contributed by atoms with van der Waals surface area (Å²) in [5.74, 6) is -2.08. The molecule has 7 heteroatoms. The Morgan fingerprint density at radius 3 is 2.41 bits per heavy atom. The van der Waals surface area contributed by atoms with Crippen LogP contribution in [0.3, 0.4) is 0 Å². The van der Waals surface area contributed by atoms with E-state index in [1.807, 2.05) is 0 Å². The summed E-state index contributed by atoms with van der Waals surface area (Å²) in [4.78, 5) is 10.9. The number of hydrogen-bond acceptors (Lipinski definition) is 2. The van der Waals surface area contributed by atoms with Crippen LogP contribution in [0.2, 0.25) is 0 Å². The van der Waals surface area contributed by atoms with Gasteiger partial charge in [-0.15, -0.1) is 0 Å². The highest BCUT2D eigenvalue weighted by atomic mass is 79.9. The van der Waals surface area contributed by atoms with Gasteiger partial charge in [-0.05, 0) is 17.7 Å². The van der Waals surface area contributed by atoms with E-state index in [0.29, 0.717) is 6.07 Å². The number of ether oxygens (including phenoxy) is 1. The van der Waals surface area contributed by atoms with Crippen molar-refractivity contribution in [3.8, 4) is 0 Å². The smallest absolute Gasteiger partial charge is 0.420 e. The summed E-state index contributed by atoms with van der Waals surface area (Å²) in [5, 5.41) is 0. The first-order chi connectivity index (χ1) is 7.75. The molecule has 1 rings (SSSR count). The summed E-state index contributed by atoms with van der Waals surface area (Å²) >= 11 is 2.63. The van der Waals surface area contributed by atoms with E-state index >= 15 is 0 Å². The summed E-state index contributed by atoms with van der Waals surface area (Å²) in [5.41, 5.74) is -1.28. The Hall–Kier alpha value is -1.11. The van der Waals surface area contributed by atoms with E-state index in [4.69, 9.17) is 0 Å². The number of hydrogen-bond donors (Lipinski definition) is 0. The summed E-state index contributed by atoms with van der Waals surface area (Å²) in [6.45, 7) is 0. The largest absolute Gasteiger partial charge is 0.469 e. The Kier molecular flexibility index (Phi) is 4.13. The molecule has 0 aromatic heterocycles. The number of esters is 1. The molecular formula is C10H7BrF4O2. The Morgan fingerprint density at radius 1 is 1.41 bits per heavy atom. The van der Waals surface area contributed by atoms with Gasteiger partial charge in [-0.2, -0.15) is 13.2 Å². The number of alkyl halides is 3. The van der Waals surface area contributed by atoms with Gasteiger partial charge in [0.05, 0.1) is 13.5 Å². The van der Waals surface area contributed by atoms with Crippen LogP contribution in [-0.2, 0) is 22.1 Å². The molecule has 17 heavy (non-hydrogen) atoms. The van der Waals surface area contributed by atoms with Crippen molar-refractivity contribution in [2.75, 3.05) is 7.11 Å². The molecule has 0 saturated carbocycles. The highest BCUT2D eigenvalue weighted by molar-refractivity contribution is 9.10. The number of rotatable bonds is 2. The number of benzene rings is 1. The van der Waals surface area contributed by atoms with E-state index in [-0.39, 0.29) is 12.0 Å². The zero-order valence-corrected chi connectivity index (χ0v) is 10.2. The molecule has 0 spiro atoms. The Labute approximate surface area is 103 Å². The van der Waals surface area contributed by atoms with Crippen LogP contribution in [0.15, 0.2) is 16.6 Å². The molecule has 0 N–H and O–H groups in total. The Balaban J connectivity index is 3.14. The number of carbonyl (C=O) groups is 1. The molecule has 0 amide bonds. The van der Waals surface area contributed by atoms with Gasteiger partial charge in [-0.1, -0.05) is 15.9 Å². The van der Waals surface area contributed by atoms with E-state index in [1.54, 1.807) is 0 Å². The Bertz CT molecular complexity index is 419. The van der Waals surface area contributed by atoms with E-state index in [2.05, 4.69) is 20.7 Å². The molecule has 0 aliphatic heterocycles. The van der Waals surface area contributed by atoms with Gasteiger partial charge < -0.3 is 4.74 Å². The lowest BCUT2D eigenvalue weighted by Gasteiger charge is -2.11. The monoisotopic (exact) mass is 314 g/mol. The van der Waals surface area contributed by atoms with Gasteiger partial charge in [-0.3, -0.25) is 4.79 Å². The van der Waals surface area contributed by atoms with Gasteiger partial charge in [0, 0.05) is 4.47 Å². The molecule has 0 atom stereocenters. The van der Waals surface area contributed by atoms with Crippen molar-refractivity contribution >= 4 is 21.9 Å². The average molecular weight is 315 g/mol. The average Bonchev–Trinajstić information content (AvgIpc) is 2.13. The molecule has 0 aliphatic rings. The summed E-state index contributed by atoms with van der Waals surface area (Å²) in [6, 6.07) is 1.72. The van der Waals surface area contributed by atoms with Crippen LogP contribution < -0.4 is 0 Å². The zero-order valence-electron chi connectivity index (χ0n) is 8.57. The molecule has 0 radical (unpaired) electrons. The molecule has 0 aliphatic carbocycles. The maximum absolute atomic E-state index is 13.3. The number of halogens is 5. The van der Waals surface area contributed by atoms with Crippen LogP contribution in [0, 0.1) is 5.82 Å². The van der Waals surface area contributed by atoms with Gasteiger partial charge in [0.15, 0.2) is 0 Å².